The Morgan fingerprint density at radius 1 is 0.800 bits per heavy atom. The largest absolute Gasteiger partial charge is 0.340 e. The van der Waals surface area contributed by atoms with Crippen molar-refractivity contribution in [3.05, 3.63) is 71.8 Å². The van der Waals surface area contributed by atoms with Gasteiger partial charge in [0.15, 0.2) is 0 Å². The van der Waals surface area contributed by atoms with Crippen LogP contribution in [0.15, 0.2) is 60.7 Å². The van der Waals surface area contributed by atoms with E-state index in [2.05, 4.69) is 5.48 Å². The zero-order chi connectivity index (χ0) is 14.2. The van der Waals surface area contributed by atoms with Crippen molar-refractivity contribution in [2.75, 3.05) is 0 Å². The lowest BCUT2D eigenvalue weighted by Crippen LogP contribution is -2.29. The smallest absolute Gasteiger partial charge is 0.336 e. The van der Waals surface area contributed by atoms with E-state index in [1.165, 1.54) is 0 Å². The van der Waals surface area contributed by atoms with Crippen LogP contribution in [0.5, 0.6) is 0 Å². The van der Waals surface area contributed by atoms with Gasteiger partial charge in [0.2, 0.25) is 0 Å². The fourth-order valence-corrected chi connectivity index (χ4v) is 1.73. The predicted octanol–water partition coefficient (Wildman–Crippen LogP) is 2.05. The summed E-state index contributed by atoms with van der Waals surface area (Å²) in [7, 11) is 0. The molecule has 1 amide bonds. The number of benzene rings is 2. The van der Waals surface area contributed by atoms with Crippen molar-refractivity contribution in [3.63, 3.8) is 0 Å². The Kier molecular flexibility index (Phi) is 4.89. The Hall–Kier alpha value is -2.62. The van der Waals surface area contributed by atoms with Gasteiger partial charge in [-0.05, 0) is 11.1 Å². The highest BCUT2D eigenvalue weighted by Gasteiger charge is 2.08. The highest BCUT2D eigenvalue weighted by atomic mass is 16.7. The summed E-state index contributed by atoms with van der Waals surface area (Å²) in [5.74, 6) is -0.838. The molecule has 0 spiro atoms. The first-order valence-electron chi connectivity index (χ1n) is 6.30. The molecule has 0 saturated carbocycles. The molecule has 4 heteroatoms. The van der Waals surface area contributed by atoms with Crippen LogP contribution in [0, 0.1) is 0 Å². The summed E-state index contributed by atoms with van der Waals surface area (Å²) in [5, 5.41) is 0. The molecule has 2 aromatic carbocycles. The lowest BCUT2D eigenvalue weighted by molar-refractivity contribution is -0.157. The molecule has 0 aliphatic heterocycles. The molecule has 0 unspecified atom stereocenters. The zero-order valence-electron chi connectivity index (χ0n) is 10.9. The van der Waals surface area contributed by atoms with E-state index in [0.717, 1.165) is 11.1 Å². The van der Waals surface area contributed by atoms with Crippen LogP contribution in [0.25, 0.3) is 0 Å². The van der Waals surface area contributed by atoms with E-state index in [9.17, 15) is 9.59 Å². The van der Waals surface area contributed by atoms with Crippen LogP contribution in [0.4, 0.5) is 0 Å². The number of nitrogens with one attached hydrogen (secondary N) is 1. The van der Waals surface area contributed by atoms with Gasteiger partial charge in [-0.1, -0.05) is 60.7 Å². The van der Waals surface area contributed by atoms with Crippen LogP contribution in [0.3, 0.4) is 0 Å². The van der Waals surface area contributed by atoms with Crippen molar-refractivity contribution in [1.29, 1.82) is 0 Å². The van der Waals surface area contributed by atoms with E-state index < -0.39 is 5.97 Å². The van der Waals surface area contributed by atoms with Crippen LogP contribution in [0.2, 0.25) is 0 Å². The molecular weight excluding hydrogens is 254 g/mol. The maximum absolute atomic E-state index is 11.6. The molecule has 0 saturated heterocycles. The molecule has 1 N–H and O–H groups in total. The fraction of sp³-hybridized carbons (Fsp3) is 0.125. The minimum atomic E-state index is -0.488. The average molecular weight is 269 g/mol. The molecule has 20 heavy (non-hydrogen) atoms. The maximum Gasteiger partial charge on any atom is 0.336 e. The molecule has 0 fully saturated rings. The molecule has 2 rings (SSSR count). The number of hydrogen-bond donors (Lipinski definition) is 1. The maximum atomic E-state index is 11.6. The number of hydroxylamine groups is 1. The van der Waals surface area contributed by atoms with Gasteiger partial charge in [-0.15, -0.1) is 0 Å². The summed E-state index contributed by atoms with van der Waals surface area (Å²) in [5.41, 5.74) is 3.87. The third-order valence-corrected chi connectivity index (χ3v) is 2.68. The Morgan fingerprint density at radius 3 is 1.85 bits per heavy atom. The third-order valence-electron chi connectivity index (χ3n) is 2.68. The molecule has 0 aromatic heterocycles. The molecular formula is C16H15NO3. The summed E-state index contributed by atoms with van der Waals surface area (Å²) in [6.45, 7) is 0. The lowest BCUT2D eigenvalue weighted by atomic mass is 10.1. The Labute approximate surface area is 117 Å². The highest BCUT2D eigenvalue weighted by molar-refractivity contribution is 5.80. The van der Waals surface area contributed by atoms with Crippen LogP contribution >= 0.6 is 0 Å². The van der Waals surface area contributed by atoms with Gasteiger partial charge in [-0.3, -0.25) is 4.79 Å². The topological polar surface area (TPSA) is 55.4 Å². The summed E-state index contributed by atoms with van der Waals surface area (Å²) in [6.07, 6.45) is 0.311. The van der Waals surface area contributed by atoms with Gasteiger partial charge in [0.25, 0.3) is 5.91 Å². The highest BCUT2D eigenvalue weighted by Crippen LogP contribution is 2.01. The first kappa shape index (κ1) is 13.8. The van der Waals surface area contributed by atoms with Gasteiger partial charge in [-0.25, -0.2) is 4.79 Å². The second kappa shape index (κ2) is 7.09. The van der Waals surface area contributed by atoms with Gasteiger partial charge < -0.3 is 4.84 Å². The van der Waals surface area contributed by atoms with E-state index in [1.54, 1.807) is 0 Å². The average Bonchev–Trinajstić information content (AvgIpc) is 2.47. The fourth-order valence-electron chi connectivity index (χ4n) is 1.73. The van der Waals surface area contributed by atoms with E-state index in [-0.39, 0.29) is 18.7 Å². The molecule has 0 heterocycles. The molecule has 102 valence electrons. The molecule has 0 radical (unpaired) electrons. The van der Waals surface area contributed by atoms with E-state index in [0.29, 0.717) is 0 Å². The Bertz CT molecular complexity index is 513. The summed E-state index contributed by atoms with van der Waals surface area (Å²) in [4.78, 5) is 27.9. The minimum Gasteiger partial charge on any atom is -0.340 e. The molecule has 0 atom stereocenters. The predicted molar refractivity (Wildman–Crippen MR) is 74.5 cm³/mol. The van der Waals surface area contributed by atoms with Gasteiger partial charge in [0.05, 0.1) is 12.8 Å². The van der Waals surface area contributed by atoms with Crippen molar-refractivity contribution < 1.29 is 14.4 Å². The third kappa shape index (κ3) is 4.57. The standard InChI is InChI=1S/C16H15NO3/c18-15(11-13-7-3-1-4-8-13)17-20-16(19)12-14-9-5-2-6-10-14/h1-10H,11-12H2,(H,17,18). The molecule has 0 aliphatic carbocycles. The second-order valence-corrected chi connectivity index (χ2v) is 4.32. The van der Waals surface area contributed by atoms with Crippen molar-refractivity contribution in [2.45, 2.75) is 12.8 Å². The first-order valence-corrected chi connectivity index (χ1v) is 6.30. The van der Waals surface area contributed by atoms with Gasteiger partial charge in [0.1, 0.15) is 0 Å². The number of carbonyl (C=O) groups excluding carboxylic acids is 2. The molecule has 0 bridgehead atoms. The number of hydrogen-bond acceptors (Lipinski definition) is 3. The Balaban J connectivity index is 1.75. The Morgan fingerprint density at radius 2 is 1.30 bits per heavy atom. The quantitative estimate of drug-likeness (QED) is 0.864. The van der Waals surface area contributed by atoms with Crippen molar-refractivity contribution >= 4 is 11.9 Å². The van der Waals surface area contributed by atoms with Crippen LogP contribution in [0.1, 0.15) is 11.1 Å². The van der Waals surface area contributed by atoms with Gasteiger partial charge in [0, 0.05) is 0 Å². The van der Waals surface area contributed by atoms with Crippen LogP contribution in [-0.2, 0) is 27.3 Å². The molecule has 2 aromatic rings. The minimum absolute atomic E-state index is 0.131. The SMILES string of the molecule is O=C(Cc1ccccc1)NOC(=O)Cc1ccccc1. The van der Waals surface area contributed by atoms with E-state index in [4.69, 9.17) is 4.84 Å². The number of amides is 1. The molecule has 0 aliphatic rings. The zero-order valence-corrected chi connectivity index (χ0v) is 10.9. The monoisotopic (exact) mass is 269 g/mol. The van der Waals surface area contributed by atoms with Crippen LogP contribution < -0.4 is 5.48 Å². The summed E-state index contributed by atoms with van der Waals surface area (Å²) < 4.78 is 0. The second-order valence-electron chi connectivity index (χ2n) is 4.32. The van der Waals surface area contributed by atoms with Gasteiger partial charge in [-0.2, -0.15) is 5.48 Å². The van der Waals surface area contributed by atoms with E-state index >= 15 is 0 Å². The van der Waals surface area contributed by atoms with Crippen molar-refractivity contribution in [3.8, 4) is 0 Å². The van der Waals surface area contributed by atoms with Gasteiger partial charge >= 0.3 is 5.97 Å². The first-order chi connectivity index (χ1) is 9.74. The normalized spacial score (nSPS) is 9.80. The van der Waals surface area contributed by atoms with E-state index in [1.807, 2.05) is 60.7 Å². The lowest BCUT2D eigenvalue weighted by Gasteiger charge is -2.06. The number of rotatable bonds is 4. The molecule has 4 nitrogen and oxygen atoms in total. The van der Waals surface area contributed by atoms with Crippen molar-refractivity contribution in [2.24, 2.45) is 0 Å². The number of carbonyl (C=O) groups is 2. The summed E-state index contributed by atoms with van der Waals surface area (Å²) >= 11 is 0. The van der Waals surface area contributed by atoms with Crippen molar-refractivity contribution in [1.82, 2.24) is 5.48 Å². The van der Waals surface area contributed by atoms with Crippen LogP contribution in [-0.4, -0.2) is 11.9 Å². The summed E-state index contributed by atoms with van der Waals surface area (Å²) in [6, 6.07) is 18.5.